The zero-order valence-corrected chi connectivity index (χ0v) is 14.0. The Balaban J connectivity index is 1.64. The van der Waals surface area contributed by atoms with Crippen molar-refractivity contribution in [3.05, 3.63) is 57.4 Å². The van der Waals surface area contributed by atoms with Gasteiger partial charge in [0.25, 0.3) is 0 Å². The molecule has 1 aromatic heterocycles. The molecule has 1 amide bonds. The molecule has 3 aromatic rings. The van der Waals surface area contributed by atoms with Gasteiger partial charge >= 0.3 is 5.69 Å². The topological polar surface area (TPSA) is 101 Å². The van der Waals surface area contributed by atoms with Crippen molar-refractivity contribution in [2.75, 3.05) is 11.1 Å². The number of imidazole rings is 1. The molecule has 0 unspecified atom stereocenters. The van der Waals surface area contributed by atoms with Crippen molar-refractivity contribution in [2.24, 2.45) is 0 Å². The standard InChI is InChI=1S/C15H10ClFN4O3S/c16-8-1-4-11-12(5-8)20-15(19-11)25-7-14(22)18-9-2-3-10(17)13(6-9)21(23)24/h1-6H,7H2,(H,18,22)(H,19,20). The molecule has 0 saturated heterocycles. The maximum absolute atomic E-state index is 13.3. The van der Waals surface area contributed by atoms with Crippen LogP contribution in [0.2, 0.25) is 5.02 Å². The number of benzene rings is 2. The number of fused-ring (bicyclic) bond motifs is 1. The minimum atomic E-state index is -0.960. The van der Waals surface area contributed by atoms with Gasteiger partial charge in [-0.25, -0.2) is 4.98 Å². The summed E-state index contributed by atoms with van der Waals surface area (Å²) in [7, 11) is 0. The number of nitrogens with one attached hydrogen (secondary N) is 2. The zero-order chi connectivity index (χ0) is 18.0. The Kier molecular flexibility index (Phi) is 4.86. The Hall–Kier alpha value is -2.65. The molecule has 0 fully saturated rings. The van der Waals surface area contributed by atoms with E-state index < -0.39 is 22.3 Å². The van der Waals surface area contributed by atoms with Crippen LogP contribution in [0.5, 0.6) is 0 Å². The van der Waals surface area contributed by atoms with Gasteiger partial charge in [-0.1, -0.05) is 23.4 Å². The average Bonchev–Trinajstić information content (AvgIpc) is 2.96. The van der Waals surface area contributed by atoms with Gasteiger partial charge in [0.2, 0.25) is 11.7 Å². The van der Waals surface area contributed by atoms with Crippen LogP contribution in [-0.2, 0) is 4.79 Å². The number of nitro benzene ring substituents is 1. The lowest BCUT2D eigenvalue weighted by atomic mass is 10.2. The molecule has 0 aliphatic rings. The number of carbonyl (C=O) groups excluding carboxylic acids is 1. The molecule has 1 heterocycles. The van der Waals surface area contributed by atoms with Crippen molar-refractivity contribution in [3.63, 3.8) is 0 Å². The molecule has 7 nitrogen and oxygen atoms in total. The van der Waals surface area contributed by atoms with Gasteiger partial charge in [-0.2, -0.15) is 4.39 Å². The van der Waals surface area contributed by atoms with Gasteiger partial charge in [-0.05, 0) is 30.3 Å². The summed E-state index contributed by atoms with van der Waals surface area (Å²) < 4.78 is 13.3. The molecule has 10 heteroatoms. The summed E-state index contributed by atoms with van der Waals surface area (Å²) in [6.45, 7) is 0. The van der Waals surface area contributed by atoms with Gasteiger partial charge in [-0.3, -0.25) is 14.9 Å². The minimum Gasteiger partial charge on any atom is -0.333 e. The molecule has 0 aliphatic carbocycles. The van der Waals surface area contributed by atoms with E-state index in [-0.39, 0.29) is 11.4 Å². The lowest BCUT2D eigenvalue weighted by Gasteiger charge is -2.04. The number of nitrogens with zero attached hydrogens (tertiary/aromatic N) is 2. The average molecular weight is 381 g/mol. The summed E-state index contributed by atoms with van der Waals surface area (Å²) in [5, 5.41) is 14.3. The molecular formula is C15H10ClFN4O3S. The first-order valence-electron chi connectivity index (χ1n) is 6.94. The van der Waals surface area contributed by atoms with Crippen LogP contribution >= 0.6 is 23.4 Å². The maximum Gasteiger partial charge on any atom is 0.306 e. The van der Waals surface area contributed by atoms with Gasteiger partial charge < -0.3 is 10.3 Å². The number of thioether (sulfide) groups is 1. The van der Waals surface area contributed by atoms with Crippen molar-refractivity contribution in [2.45, 2.75) is 5.16 Å². The van der Waals surface area contributed by atoms with Crippen LogP contribution in [0.15, 0.2) is 41.6 Å². The Bertz CT molecular complexity index is 979. The van der Waals surface area contributed by atoms with Crippen molar-refractivity contribution >= 4 is 51.7 Å². The first-order valence-corrected chi connectivity index (χ1v) is 8.30. The SMILES string of the molecule is O=C(CSc1nc2ccc(Cl)cc2[nH]1)Nc1ccc(F)c([N+](=O)[O-])c1. The van der Waals surface area contributed by atoms with Crippen LogP contribution in [0.25, 0.3) is 11.0 Å². The number of carbonyl (C=O) groups is 1. The second kappa shape index (κ2) is 7.08. The normalized spacial score (nSPS) is 10.8. The van der Waals surface area contributed by atoms with Crippen molar-refractivity contribution in [1.29, 1.82) is 0 Å². The molecule has 0 aliphatic heterocycles. The highest BCUT2D eigenvalue weighted by atomic mass is 35.5. The van der Waals surface area contributed by atoms with Gasteiger partial charge in [-0.15, -0.1) is 0 Å². The van der Waals surface area contributed by atoms with Gasteiger partial charge in [0, 0.05) is 16.8 Å². The Morgan fingerprint density at radius 3 is 2.92 bits per heavy atom. The molecule has 3 rings (SSSR count). The third-order valence-electron chi connectivity index (χ3n) is 3.19. The quantitative estimate of drug-likeness (QED) is 0.396. The Morgan fingerprint density at radius 1 is 1.36 bits per heavy atom. The summed E-state index contributed by atoms with van der Waals surface area (Å²) in [4.78, 5) is 29.2. The highest BCUT2D eigenvalue weighted by Gasteiger charge is 2.15. The fourth-order valence-corrected chi connectivity index (χ4v) is 2.95. The van der Waals surface area contributed by atoms with Crippen LogP contribution in [0.1, 0.15) is 0 Å². The molecule has 0 saturated carbocycles. The molecule has 0 atom stereocenters. The number of aromatic nitrogens is 2. The molecule has 2 N–H and O–H groups in total. The predicted molar refractivity (Wildman–Crippen MR) is 93.5 cm³/mol. The first-order chi connectivity index (χ1) is 11.9. The summed E-state index contributed by atoms with van der Waals surface area (Å²) in [6, 6.07) is 8.37. The van der Waals surface area contributed by atoms with E-state index in [4.69, 9.17) is 11.6 Å². The number of nitro groups is 1. The Labute approximate surface area is 149 Å². The summed E-state index contributed by atoms with van der Waals surface area (Å²) in [5.74, 6) is -1.33. The largest absolute Gasteiger partial charge is 0.333 e. The number of hydrogen-bond donors (Lipinski definition) is 2. The molecule has 128 valence electrons. The van der Waals surface area contributed by atoms with Crippen LogP contribution in [-0.4, -0.2) is 26.6 Å². The van der Waals surface area contributed by atoms with E-state index in [0.29, 0.717) is 10.2 Å². The maximum atomic E-state index is 13.3. The minimum absolute atomic E-state index is 0.0265. The fraction of sp³-hybridized carbons (Fsp3) is 0.0667. The number of halogens is 2. The molecule has 2 aromatic carbocycles. The summed E-state index contributed by atoms with van der Waals surface area (Å²) in [6.07, 6.45) is 0. The number of amides is 1. The zero-order valence-electron chi connectivity index (χ0n) is 12.5. The third kappa shape index (κ3) is 4.06. The summed E-state index contributed by atoms with van der Waals surface area (Å²) in [5.41, 5.74) is 0.931. The monoisotopic (exact) mass is 380 g/mol. The molecule has 0 radical (unpaired) electrons. The van der Waals surface area contributed by atoms with Crippen LogP contribution in [0.4, 0.5) is 15.8 Å². The second-order valence-electron chi connectivity index (χ2n) is 4.96. The van der Waals surface area contributed by atoms with Gasteiger partial charge in [0.15, 0.2) is 5.16 Å². The van der Waals surface area contributed by atoms with E-state index in [1.54, 1.807) is 18.2 Å². The van der Waals surface area contributed by atoms with E-state index in [0.717, 1.165) is 34.9 Å². The van der Waals surface area contributed by atoms with Gasteiger partial charge in [0.05, 0.1) is 21.7 Å². The third-order valence-corrected chi connectivity index (χ3v) is 4.30. The number of anilines is 1. The first kappa shape index (κ1) is 17.2. The molecular weight excluding hydrogens is 371 g/mol. The lowest BCUT2D eigenvalue weighted by molar-refractivity contribution is -0.387. The molecule has 0 spiro atoms. The number of rotatable bonds is 5. The van der Waals surface area contributed by atoms with E-state index in [9.17, 15) is 19.3 Å². The van der Waals surface area contributed by atoms with Crippen LogP contribution < -0.4 is 5.32 Å². The number of aromatic amines is 1. The van der Waals surface area contributed by atoms with Gasteiger partial charge in [0.1, 0.15) is 0 Å². The lowest BCUT2D eigenvalue weighted by Crippen LogP contribution is -2.14. The molecule has 25 heavy (non-hydrogen) atoms. The highest BCUT2D eigenvalue weighted by Crippen LogP contribution is 2.24. The highest BCUT2D eigenvalue weighted by molar-refractivity contribution is 7.99. The fourth-order valence-electron chi connectivity index (χ4n) is 2.09. The van der Waals surface area contributed by atoms with E-state index in [1.165, 1.54) is 6.07 Å². The molecule has 0 bridgehead atoms. The van der Waals surface area contributed by atoms with Crippen molar-refractivity contribution in [3.8, 4) is 0 Å². The van der Waals surface area contributed by atoms with E-state index >= 15 is 0 Å². The van der Waals surface area contributed by atoms with E-state index in [2.05, 4.69) is 15.3 Å². The van der Waals surface area contributed by atoms with Crippen LogP contribution in [0, 0.1) is 15.9 Å². The number of hydrogen-bond acceptors (Lipinski definition) is 5. The van der Waals surface area contributed by atoms with E-state index in [1.807, 2.05) is 0 Å². The number of H-pyrrole nitrogens is 1. The van der Waals surface area contributed by atoms with Crippen molar-refractivity contribution < 1.29 is 14.1 Å². The smallest absolute Gasteiger partial charge is 0.306 e. The second-order valence-corrected chi connectivity index (χ2v) is 6.36. The van der Waals surface area contributed by atoms with Crippen LogP contribution in [0.3, 0.4) is 0 Å². The predicted octanol–water partition coefficient (Wildman–Crippen LogP) is 3.99. The van der Waals surface area contributed by atoms with Crippen molar-refractivity contribution in [1.82, 2.24) is 9.97 Å². The summed E-state index contributed by atoms with van der Waals surface area (Å²) >= 11 is 7.06. The Morgan fingerprint density at radius 2 is 2.16 bits per heavy atom.